The van der Waals surface area contributed by atoms with Crippen LogP contribution < -0.4 is 0 Å². The summed E-state index contributed by atoms with van der Waals surface area (Å²) in [6.45, 7) is 1.62. The van der Waals surface area contributed by atoms with Gasteiger partial charge in [-0.25, -0.2) is 4.98 Å². The molecule has 1 aliphatic heterocycles. The molecular formula is C20H27N3O2. The number of carbonyl (C=O) groups is 1. The Morgan fingerprint density at radius 3 is 2.76 bits per heavy atom. The molecule has 0 saturated carbocycles. The predicted octanol–water partition coefficient (Wildman–Crippen LogP) is 3.51. The van der Waals surface area contributed by atoms with Crippen LogP contribution in [0.5, 0.6) is 0 Å². The number of rotatable bonds is 6. The number of ether oxygens (including phenoxy) is 1. The lowest BCUT2D eigenvalue weighted by Crippen LogP contribution is -2.43. The van der Waals surface area contributed by atoms with Crippen molar-refractivity contribution in [3.63, 3.8) is 0 Å². The maximum atomic E-state index is 13.0. The Morgan fingerprint density at radius 2 is 2.08 bits per heavy atom. The van der Waals surface area contributed by atoms with E-state index in [-0.39, 0.29) is 5.91 Å². The van der Waals surface area contributed by atoms with Gasteiger partial charge in [0.05, 0.1) is 0 Å². The number of aromatic nitrogens is 2. The van der Waals surface area contributed by atoms with Crippen LogP contribution in [-0.4, -0.2) is 46.7 Å². The number of benzene rings is 1. The fourth-order valence-electron chi connectivity index (χ4n) is 3.60. The molecule has 0 bridgehead atoms. The van der Waals surface area contributed by atoms with E-state index in [9.17, 15) is 4.79 Å². The number of piperidine rings is 1. The molecule has 2 aromatic rings. The molecule has 0 unspecified atom stereocenters. The van der Waals surface area contributed by atoms with Crippen molar-refractivity contribution in [2.75, 3.05) is 20.3 Å². The van der Waals surface area contributed by atoms with Crippen LogP contribution in [0.15, 0.2) is 36.7 Å². The molecule has 0 radical (unpaired) electrons. The van der Waals surface area contributed by atoms with Crippen molar-refractivity contribution >= 4 is 5.91 Å². The van der Waals surface area contributed by atoms with Crippen LogP contribution in [-0.2, 0) is 11.8 Å². The lowest BCUT2D eigenvalue weighted by molar-refractivity contribution is 0.0585. The van der Waals surface area contributed by atoms with Gasteiger partial charge in [0.2, 0.25) is 0 Å². The van der Waals surface area contributed by atoms with Crippen LogP contribution in [0, 0.1) is 0 Å². The normalized spacial score (nSPS) is 17.7. The first-order valence-electron chi connectivity index (χ1n) is 9.08. The number of aryl methyl sites for hydroxylation is 1. The number of hydrogen-bond donors (Lipinski definition) is 0. The Labute approximate surface area is 149 Å². The zero-order chi connectivity index (χ0) is 17.6. The van der Waals surface area contributed by atoms with Gasteiger partial charge >= 0.3 is 0 Å². The molecule has 3 rings (SSSR count). The fourth-order valence-corrected chi connectivity index (χ4v) is 3.60. The van der Waals surface area contributed by atoms with E-state index in [0.717, 1.165) is 55.8 Å². The average Bonchev–Trinajstić information content (AvgIpc) is 3.08. The smallest absolute Gasteiger partial charge is 0.254 e. The van der Waals surface area contributed by atoms with E-state index < -0.39 is 0 Å². The monoisotopic (exact) mass is 341 g/mol. The lowest BCUT2D eigenvalue weighted by Gasteiger charge is -2.36. The molecule has 5 nitrogen and oxygen atoms in total. The predicted molar refractivity (Wildman–Crippen MR) is 98.4 cm³/mol. The van der Waals surface area contributed by atoms with E-state index in [1.54, 1.807) is 13.3 Å². The molecular weight excluding hydrogens is 314 g/mol. The highest BCUT2D eigenvalue weighted by atomic mass is 16.5. The van der Waals surface area contributed by atoms with E-state index in [4.69, 9.17) is 4.74 Å². The summed E-state index contributed by atoms with van der Waals surface area (Å²) in [6, 6.07) is 8.16. The van der Waals surface area contributed by atoms with Gasteiger partial charge in [0.15, 0.2) is 0 Å². The Kier molecular flexibility index (Phi) is 5.87. The number of methoxy groups -OCH3 is 1. The molecule has 1 fully saturated rings. The minimum Gasteiger partial charge on any atom is -0.385 e. The van der Waals surface area contributed by atoms with Gasteiger partial charge in [-0.3, -0.25) is 4.79 Å². The van der Waals surface area contributed by atoms with Crippen molar-refractivity contribution in [3.05, 3.63) is 42.2 Å². The third-order valence-corrected chi connectivity index (χ3v) is 4.99. The van der Waals surface area contributed by atoms with E-state index in [2.05, 4.69) is 9.88 Å². The van der Waals surface area contributed by atoms with Crippen LogP contribution in [0.2, 0.25) is 0 Å². The Balaban J connectivity index is 1.71. The summed E-state index contributed by atoms with van der Waals surface area (Å²) < 4.78 is 7.14. The number of hydrogen-bond acceptors (Lipinski definition) is 3. The topological polar surface area (TPSA) is 47.4 Å². The molecule has 0 spiro atoms. The van der Waals surface area contributed by atoms with Gasteiger partial charge in [-0.05, 0) is 44.2 Å². The summed E-state index contributed by atoms with van der Waals surface area (Å²) in [6.07, 6.45) is 9.13. The minimum absolute atomic E-state index is 0.147. The standard InChI is InChI=1S/C20H27N3O2/c1-22-14-12-21-19(22)16-8-10-17(11-9-16)20(24)23-13-4-3-6-18(23)7-5-15-25-2/h8-12,14,18H,3-7,13,15H2,1-2H3/t18-/m1/s1. The maximum Gasteiger partial charge on any atom is 0.254 e. The summed E-state index contributed by atoms with van der Waals surface area (Å²) >= 11 is 0. The second kappa shape index (κ2) is 8.30. The van der Waals surface area contributed by atoms with Crippen LogP contribution in [0.3, 0.4) is 0 Å². The summed E-state index contributed by atoms with van der Waals surface area (Å²) in [5.41, 5.74) is 1.79. The number of imidazole rings is 1. The highest BCUT2D eigenvalue weighted by Crippen LogP contribution is 2.24. The summed E-state index contributed by atoms with van der Waals surface area (Å²) in [7, 11) is 3.70. The molecule has 0 aliphatic carbocycles. The fraction of sp³-hybridized carbons (Fsp3) is 0.500. The summed E-state index contributed by atoms with van der Waals surface area (Å²) in [5, 5.41) is 0. The van der Waals surface area contributed by atoms with Crippen molar-refractivity contribution in [3.8, 4) is 11.4 Å². The van der Waals surface area contributed by atoms with Gasteiger partial charge < -0.3 is 14.2 Å². The quantitative estimate of drug-likeness (QED) is 0.756. The third kappa shape index (κ3) is 4.10. The van der Waals surface area contributed by atoms with Gasteiger partial charge in [-0.1, -0.05) is 12.1 Å². The zero-order valence-corrected chi connectivity index (χ0v) is 15.1. The van der Waals surface area contributed by atoms with Gasteiger partial charge in [-0.15, -0.1) is 0 Å². The Morgan fingerprint density at radius 1 is 1.28 bits per heavy atom. The minimum atomic E-state index is 0.147. The lowest BCUT2D eigenvalue weighted by atomic mass is 9.97. The van der Waals surface area contributed by atoms with Crippen molar-refractivity contribution in [1.29, 1.82) is 0 Å². The van der Waals surface area contributed by atoms with E-state index in [1.165, 1.54) is 6.42 Å². The SMILES string of the molecule is COCCC[C@H]1CCCCN1C(=O)c1ccc(-c2nccn2C)cc1. The summed E-state index contributed by atoms with van der Waals surface area (Å²) in [5.74, 6) is 1.06. The third-order valence-electron chi connectivity index (χ3n) is 4.99. The molecule has 1 aliphatic rings. The highest BCUT2D eigenvalue weighted by Gasteiger charge is 2.27. The van der Waals surface area contributed by atoms with Gasteiger partial charge in [0, 0.05) is 56.9 Å². The zero-order valence-electron chi connectivity index (χ0n) is 15.1. The van der Waals surface area contributed by atoms with Crippen molar-refractivity contribution in [2.24, 2.45) is 7.05 Å². The molecule has 1 aromatic carbocycles. The van der Waals surface area contributed by atoms with Gasteiger partial charge in [-0.2, -0.15) is 0 Å². The van der Waals surface area contributed by atoms with Crippen LogP contribution in [0.25, 0.3) is 11.4 Å². The molecule has 25 heavy (non-hydrogen) atoms. The van der Waals surface area contributed by atoms with E-state index >= 15 is 0 Å². The molecule has 1 saturated heterocycles. The van der Waals surface area contributed by atoms with Crippen molar-refractivity contribution < 1.29 is 9.53 Å². The molecule has 5 heteroatoms. The van der Waals surface area contributed by atoms with Crippen molar-refractivity contribution in [2.45, 2.75) is 38.1 Å². The van der Waals surface area contributed by atoms with Crippen LogP contribution >= 0.6 is 0 Å². The second-order valence-electron chi connectivity index (χ2n) is 6.72. The van der Waals surface area contributed by atoms with Crippen LogP contribution in [0.1, 0.15) is 42.5 Å². The first kappa shape index (κ1) is 17.7. The Hall–Kier alpha value is -2.14. The summed E-state index contributed by atoms with van der Waals surface area (Å²) in [4.78, 5) is 19.4. The number of carbonyl (C=O) groups excluding carboxylic acids is 1. The first-order valence-corrected chi connectivity index (χ1v) is 9.08. The largest absolute Gasteiger partial charge is 0.385 e. The molecule has 134 valence electrons. The van der Waals surface area contributed by atoms with Crippen molar-refractivity contribution in [1.82, 2.24) is 14.5 Å². The number of nitrogens with zero attached hydrogens (tertiary/aromatic N) is 3. The molecule has 1 aromatic heterocycles. The average molecular weight is 341 g/mol. The molecule has 1 atom stereocenters. The van der Waals surface area contributed by atoms with E-state index in [0.29, 0.717) is 6.04 Å². The Bertz CT molecular complexity index is 693. The second-order valence-corrected chi connectivity index (χ2v) is 6.72. The van der Waals surface area contributed by atoms with Gasteiger partial charge in [0.1, 0.15) is 5.82 Å². The van der Waals surface area contributed by atoms with Crippen LogP contribution in [0.4, 0.5) is 0 Å². The maximum absolute atomic E-state index is 13.0. The molecule has 0 N–H and O–H groups in total. The molecule has 1 amide bonds. The number of likely N-dealkylation sites (tertiary alicyclic amines) is 1. The van der Waals surface area contributed by atoms with E-state index in [1.807, 2.05) is 42.1 Å². The van der Waals surface area contributed by atoms with Gasteiger partial charge in [0.25, 0.3) is 5.91 Å². The highest BCUT2D eigenvalue weighted by molar-refractivity contribution is 5.95. The number of amides is 1. The first-order chi connectivity index (χ1) is 12.2. The molecule has 2 heterocycles.